The van der Waals surface area contributed by atoms with E-state index in [1.165, 1.54) is 0 Å². The highest BCUT2D eigenvalue weighted by Gasteiger charge is 2.54. The van der Waals surface area contributed by atoms with E-state index < -0.39 is 11.5 Å². The summed E-state index contributed by atoms with van der Waals surface area (Å²) in [5.41, 5.74) is 7.36. The van der Waals surface area contributed by atoms with E-state index in [2.05, 4.69) is 10.4 Å². The third kappa shape index (κ3) is 5.57. The Labute approximate surface area is 239 Å². The average molecular weight is 563 g/mol. The largest absolute Gasteiger partial charge is 0.494 e. The molecular formula is C31H38N4O6. The highest BCUT2D eigenvalue weighted by molar-refractivity contribution is 6.01. The van der Waals surface area contributed by atoms with Crippen molar-refractivity contribution in [3.05, 3.63) is 53.3 Å². The van der Waals surface area contributed by atoms with Gasteiger partial charge in [-0.1, -0.05) is 0 Å². The topological polar surface area (TPSA) is 137 Å². The van der Waals surface area contributed by atoms with Gasteiger partial charge in [0.25, 0.3) is 11.8 Å². The van der Waals surface area contributed by atoms with Crippen LogP contribution in [0, 0.1) is 5.41 Å². The van der Waals surface area contributed by atoms with Gasteiger partial charge in [-0.2, -0.15) is 5.10 Å². The number of hydrogen-bond acceptors (Lipinski definition) is 7. The van der Waals surface area contributed by atoms with Crippen molar-refractivity contribution in [2.45, 2.75) is 83.0 Å². The number of nitrogens with zero attached hydrogens (tertiary/aromatic N) is 2. The molecule has 3 aliphatic carbocycles. The Kier molecular flexibility index (Phi) is 6.84. The van der Waals surface area contributed by atoms with Gasteiger partial charge in [-0.3, -0.25) is 9.59 Å². The molecule has 10 heteroatoms. The normalized spacial score (nSPS) is 23.5. The van der Waals surface area contributed by atoms with Crippen molar-refractivity contribution >= 4 is 17.3 Å². The van der Waals surface area contributed by atoms with Crippen molar-refractivity contribution < 1.29 is 28.9 Å². The van der Waals surface area contributed by atoms with E-state index in [9.17, 15) is 14.7 Å². The van der Waals surface area contributed by atoms with Crippen molar-refractivity contribution in [3.8, 4) is 17.2 Å². The number of nitrogens with one attached hydrogen (secondary N) is 1. The van der Waals surface area contributed by atoms with Gasteiger partial charge in [-0.15, -0.1) is 0 Å². The zero-order valence-corrected chi connectivity index (χ0v) is 23.8. The van der Waals surface area contributed by atoms with E-state index in [0.717, 1.165) is 49.7 Å². The van der Waals surface area contributed by atoms with Crippen LogP contribution in [0.2, 0.25) is 0 Å². The molecule has 2 heterocycles. The molecule has 0 bridgehead atoms. The first-order valence-electron chi connectivity index (χ1n) is 14.4. The molecule has 218 valence electrons. The number of nitrogens with two attached hydrogens (primary N) is 1. The Hall–Kier alpha value is -3.79. The minimum Gasteiger partial charge on any atom is -0.494 e. The number of carbonyl (C=O) groups excluding carboxylic acids is 2. The summed E-state index contributed by atoms with van der Waals surface area (Å²) in [6, 6.07) is 8.94. The Bertz CT molecular complexity index is 1470. The van der Waals surface area contributed by atoms with Crippen LogP contribution in [0.25, 0.3) is 5.52 Å². The van der Waals surface area contributed by atoms with Gasteiger partial charge in [0, 0.05) is 18.0 Å². The number of fused-ring (bicyclic) bond motifs is 1. The summed E-state index contributed by atoms with van der Waals surface area (Å²) < 4.78 is 19.5. The maximum absolute atomic E-state index is 13.3. The van der Waals surface area contributed by atoms with Crippen LogP contribution in [0.3, 0.4) is 0 Å². The molecule has 0 unspecified atom stereocenters. The van der Waals surface area contributed by atoms with E-state index in [0.29, 0.717) is 40.9 Å². The average Bonchev–Trinajstić information content (AvgIpc) is 3.61. The van der Waals surface area contributed by atoms with Crippen molar-refractivity contribution in [1.82, 2.24) is 14.9 Å². The molecule has 0 saturated heterocycles. The number of aromatic nitrogens is 2. The van der Waals surface area contributed by atoms with Crippen LogP contribution in [0.15, 0.2) is 36.5 Å². The summed E-state index contributed by atoms with van der Waals surface area (Å²) >= 11 is 0. The van der Waals surface area contributed by atoms with Crippen LogP contribution >= 0.6 is 0 Å². The number of primary amides is 1. The van der Waals surface area contributed by atoms with Crippen molar-refractivity contribution in [3.63, 3.8) is 0 Å². The molecule has 6 rings (SSSR count). The lowest BCUT2D eigenvalue weighted by Gasteiger charge is -2.57. The molecule has 3 aliphatic rings. The zero-order valence-electron chi connectivity index (χ0n) is 23.8. The minimum absolute atomic E-state index is 0.00471. The van der Waals surface area contributed by atoms with Crippen LogP contribution in [-0.2, 0) is 0 Å². The van der Waals surface area contributed by atoms with Crippen LogP contribution in [0.4, 0.5) is 0 Å². The summed E-state index contributed by atoms with van der Waals surface area (Å²) in [7, 11) is 0. The lowest BCUT2D eigenvalue weighted by Crippen LogP contribution is -2.58. The van der Waals surface area contributed by atoms with Gasteiger partial charge in [0.1, 0.15) is 23.9 Å². The Morgan fingerprint density at radius 3 is 2.51 bits per heavy atom. The number of hydrogen-bond donors (Lipinski definition) is 3. The quantitative estimate of drug-likeness (QED) is 0.321. The number of amides is 2. The zero-order chi connectivity index (χ0) is 28.9. The van der Waals surface area contributed by atoms with Crippen molar-refractivity contribution in [1.29, 1.82) is 0 Å². The molecule has 41 heavy (non-hydrogen) atoms. The monoisotopic (exact) mass is 562 g/mol. The third-order valence-corrected chi connectivity index (χ3v) is 8.31. The molecule has 3 fully saturated rings. The Balaban J connectivity index is 1.06. The maximum Gasteiger partial charge on any atom is 0.255 e. The summed E-state index contributed by atoms with van der Waals surface area (Å²) in [5, 5.41) is 17.8. The fourth-order valence-corrected chi connectivity index (χ4v) is 6.25. The second-order valence-electron chi connectivity index (χ2n) is 12.5. The van der Waals surface area contributed by atoms with Crippen molar-refractivity contribution in [2.24, 2.45) is 11.1 Å². The predicted octanol–water partition coefficient (Wildman–Crippen LogP) is 3.98. The molecule has 2 amide bonds. The highest BCUT2D eigenvalue weighted by atomic mass is 16.5. The van der Waals surface area contributed by atoms with Gasteiger partial charge in [0.15, 0.2) is 0 Å². The molecular weight excluding hydrogens is 524 g/mol. The van der Waals surface area contributed by atoms with Gasteiger partial charge in [-0.25, -0.2) is 4.52 Å². The fraction of sp³-hybridized carbons (Fsp3) is 0.516. The smallest absolute Gasteiger partial charge is 0.255 e. The van der Waals surface area contributed by atoms with Crippen LogP contribution in [0.1, 0.15) is 91.6 Å². The highest BCUT2D eigenvalue weighted by Crippen LogP contribution is 2.57. The number of aliphatic hydroxyl groups is 1. The fourth-order valence-electron chi connectivity index (χ4n) is 6.25. The van der Waals surface area contributed by atoms with Gasteiger partial charge in [0.2, 0.25) is 0 Å². The van der Waals surface area contributed by atoms with Gasteiger partial charge >= 0.3 is 0 Å². The molecule has 1 spiro atoms. The molecule has 3 saturated carbocycles. The van der Waals surface area contributed by atoms with Gasteiger partial charge in [-0.05, 0) is 89.0 Å². The number of pyridine rings is 1. The molecule has 3 aromatic rings. The van der Waals surface area contributed by atoms with Gasteiger partial charge in [0.05, 0.1) is 46.8 Å². The summed E-state index contributed by atoms with van der Waals surface area (Å²) in [5.74, 6) is 1.48. The number of ether oxygens (including phenoxy) is 3. The minimum atomic E-state index is -0.946. The summed E-state index contributed by atoms with van der Waals surface area (Å²) in [6.07, 6.45) is 7.24. The number of rotatable bonds is 11. The second kappa shape index (κ2) is 10.2. The standard InChI is InChI=1S/C31H38N4O6/c1-4-39-20-7-8-22(28(32)36)26(11-20)41-21-14-31(15-21)12-19(13-31)34-29(37)23-16-33-35-24(23)9-10-25(27(35)18-5-6-18)40-17-30(2,3)38/h7-11,16,18-19,21,38H,4-6,12-15,17H2,1-3H3,(H2,32,36)(H,34,37). The first-order chi connectivity index (χ1) is 19.5. The van der Waals surface area contributed by atoms with Crippen LogP contribution in [-0.4, -0.2) is 57.5 Å². The lowest BCUT2D eigenvalue weighted by molar-refractivity contribution is -0.0834. The molecule has 1 aromatic carbocycles. The van der Waals surface area contributed by atoms with Gasteiger partial charge < -0.3 is 30.4 Å². The lowest BCUT2D eigenvalue weighted by atomic mass is 9.53. The maximum atomic E-state index is 13.3. The predicted molar refractivity (Wildman–Crippen MR) is 152 cm³/mol. The molecule has 10 nitrogen and oxygen atoms in total. The van der Waals surface area contributed by atoms with E-state index >= 15 is 0 Å². The van der Waals surface area contributed by atoms with Crippen molar-refractivity contribution in [2.75, 3.05) is 13.2 Å². The first kappa shape index (κ1) is 27.4. The third-order valence-electron chi connectivity index (χ3n) is 8.31. The molecule has 0 atom stereocenters. The van der Waals surface area contributed by atoms with Crippen LogP contribution in [0.5, 0.6) is 17.2 Å². The molecule has 0 radical (unpaired) electrons. The molecule has 0 aliphatic heterocycles. The number of benzene rings is 1. The summed E-state index contributed by atoms with van der Waals surface area (Å²) in [6.45, 7) is 6.01. The number of carbonyl (C=O) groups is 2. The van der Waals surface area contributed by atoms with Crippen LogP contribution < -0.4 is 25.3 Å². The molecule has 2 aromatic heterocycles. The molecule has 4 N–H and O–H groups in total. The van der Waals surface area contributed by atoms with E-state index in [1.807, 2.05) is 23.6 Å². The second-order valence-corrected chi connectivity index (χ2v) is 12.5. The Morgan fingerprint density at radius 1 is 1.10 bits per heavy atom. The summed E-state index contributed by atoms with van der Waals surface area (Å²) in [4.78, 5) is 25.1. The van der Waals surface area contributed by atoms with E-state index in [1.54, 1.807) is 38.2 Å². The van der Waals surface area contributed by atoms with E-state index in [4.69, 9.17) is 19.9 Å². The Morgan fingerprint density at radius 2 is 1.85 bits per heavy atom. The first-order valence-corrected chi connectivity index (χ1v) is 14.4. The van der Waals surface area contributed by atoms with E-state index in [-0.39, 0.29) is 30.1 Å². The SMILES string of the molecule is CCOc1ccc(C(N)=O)c(OC2CC3(CC(NC(=O)c4cnn5c(C6CC6)c(OCC(C)(C)O)ccc45)C3)C2)c1.